The van der Waals surface area contributed by atoms with Crippen LogP contribution in [0.25, 0.3) is 0 Å². The van der Waals surface area contributed by atoms with Gasteiger partial charge in [-0.3, -0.25) is 4.79 Å². The monoisotopic (exact) mass is 208 g/mol. The van der Waals surface area contributed by atoms with Gasteiger partial charge < -0.3 is 4.74 Å². The van der Waals surface area contributed by atoms with E-state index in [4.69, 9.17) is 4.74 Å². The fourth-order valence-electron chi connectivity index (χ4n) is 2.49. The summed E-state index contributed by atoms with van der Waals surface area (Å²) in [5.41, 5.74) is -0.657. The Morgan fingerprint density at radius 1 is 1.33 bits per heavy atom. The minimum atomic E-state index is -0.367. The molecule has 0 aromatic rings. The second kappa shape index (κ2) is 3.36. The van der Waals surface area contributed by atoms with E-state index < -0.39 is 0 Å². The van der Waals surface area contributed by atoms with Crippen molar-refractivity contribution in [1.82, 2.24) is 0 Å². The molecule has 1 fully saturated rings. The summed E-state index contributed by atoms with van der Waals surface area (Å²) >= 11 is 0. The van der Waals surface area contributed by atoms with E-state index >= 15 is 0 Å². The number of allylic oxidation sites excluding steroid dienone is 1. The third-order valence-corrected chi connectivity index (χ3v) is 3.42. The smallest absolute Gasteiger partial charge is 0.316 e. The largest absolute Gasteiger partial charge is 0.459 e. The van der Waals surface area contributed by atoms with Crippen molar-refractivity contribution in [3.8, 4) is 0 Å². The third kappa shape index (κ3) is 2.09. The summed E-state index contributed by atoms with van der Waals surface area (Å²) in [4.78, 5) is 12.1. The topological polar surface area (TPSA) is 26.3 Å². The maximum Gasteiger partial charge on any atom is 0.316 e. The van der Waals surface area contributed by atoms with E-state index in [1.54, 1.807) is 0 Å². The first-order valence-corrected chi connectivity index (χ1v) is 5.84. The van der Waals surface area contributed by atoms with Crippen LogP contribution in [0.5, 0.6) is 0 Å². The lowest BCUT2D eigenvalue weighted by molar-refractivity contribution is -0.167. The molecule has 3 rings (SSSR count). The standard InChI is InChI=1S/C13H20O2/c1-12(2,3)15-11(14)13-7-4-10(5-8-13)6-9-13/h4,7,10H,5-6,8-9H2,1-3H3. The molecule has 3 aliphatic rings. The average Bonchev–Trinajstić information content (AvgIpc) is 2.18. The van der Waals surface area contributed by atoms with Crippen molar-refractivity contribution >= 4 is 5.97 Å². The second-order valence-corrected chi connectivity index (χ2v) is 5.85. The number of carbonyl (C=O) groups excluding carboxylic acids is 1. The first-order valence-electron chi connectivity index (χ1n) is 5.84. The first kappa shape index (κ1) is 10.7. The Kier molecular flexibility index (Phi) is 2.40. The van der Waals surface area contributed by atoms with Gasteiger partial charge in [-0.1, -0.05) is 12.2 Å². The van der Waals surface area contributed by atoms with Crippen LogP contribution >= 0.6 is 0 Å². The molecule has 1 saturated carbocycles. The SMILES string of the molecule is CC(C)(C)OC(=O)C12C=CC(CC1)CC2. The lowest BCUT2D eigenvalue weighted by Crippen LogP contribution is -2.41. The molecule has 0 amide bonds. The molecule has 15 heavy (non-hydrogen) atoms. The summed E-state index contributed by atoms with van der Waals surface area (Å²) in [7, 11) is 0. The molecule has 2 bridgehead atoms. The maximum absolute atomic E-state index is 12.1. The van der Waals surface area contributed by atoms with Crippen molar-refractivity contribution in [2.24, 2.45) is 11.3 Å². The molecule has 0 radical (unpaired) electrons. The van der Waals surface area contributed by atoms with Crippen LogP contribution in [0, 0.1) is 11.3 Å². The molecular formula is C13H20O2. The van der Waals surface area contributed by atoms with Gasteiger partial charge in [0.15, 0.2) is 0 Å². The summed E-state index contributed by atoms with van der Waals surface area (Å²) < 4.78 is 5.51. The number of rotatable bonds is 1. The molecule has 0 saturated heterocycles. The predicted molar refractivity (Wildman–Crippen MR) is 59.4 cm³/mol. The Labute approximate surface area is 91.7 Å². The van der Waals surface area contributed by atoms with Gasteiger partial charge in [-0.05, 0) is 52.4 Å². The highest BCUT2D eigenvalue weighted by molar-refractivity contribution is 5.80. The van der Waals surface area contributed by atoms with Crippen LogP contribution in [-0.2, 0) is 9.53 Å². The lowest BCUT2D eigenvalue weighted by Gasteiger charge is -2.41. The van der Waals surface area contributed by atoms with Gasteiger partial charge in [0.1, 0.15) is 5.60 Å². The van der Waals surface area contributed by atoms with Crippen molar-refractivity contribution in [3.63, 3.8) is 0 Å². The summed E-state index contributed by atoms with van der Waals surface area (Å²) in [5, 5.41) is 0. The number of fused-ring (bicyclic) bond motifs is 2. The van der Waals surface area contributed by atoms with E-state index in [-0.39, 0.29) is 17.0 Å². The maximum atomic E-state index is 12.1. The molecule has 0 aliphatic heterocycles. The van der Waals surface area contributed by atoms with Gasteiger partial charge >= 0.3 is 5.97 Å². The van der Waals surface area contributed by atoms with Crippen LogP contribution in [0.2, 0.25) is 0 Å². The fraction of sp³-hybridized carbons (Fsp3) is 0.769. The normalized spacial score (nSPS) is 34.2. The van der Waals surface area contributed by atoms with Gasteiger partial charge in [0.25, 0.3) is 0 Å². The summed E-state index contributed by atoms with van der Waals surface area (Å²) in [6, 6.07) is 0. The lowest BCUT2D eigenvalue weighted by atomic mass is 9.65. The fourth-order valence-corrected chi connectivity index (χ4v) is 2.49. The zero-order valence-electron chi connectivity index (χ0n) is 9.88. The number of ether oxygens (including phenoxy) is 1. The molecule has 0 heterocycles. The Bertz CT molecular complexity index is 288. The van der Waals surface area contributed by atoms with Crippen LogP contribution in [-0.4, -0.2) is 11.6 Å². The van der Waals surface area contributed by atoms with Crippen LogP contribution < -0.4 is 0 Å². The first-order chi connectivity index (χ1) is 6.91. The zero-order valence-corrected chi connectivity index (χ0v) is 9.88. The Hall–Kier alpha value is -0.790. The molecule has 3 aliphatic carbocycles. The molecule has 2 nitrogen and oxygen atoms in total. The minimum Gasteiger partial charge on any atom is -0.459 e. The summed E-state index contributed by atoms with van der Waals surface area (Å²) in [5.74, 6) is 0.693. The second-order valence-electron chi connectivity index (χ2n) is 5.85. The minimum absolute atomic E-state index is 0.0237. The third-order valence-electron chi connectivity index (χ3n) is 3.42. The van der Waals surface area contributed by atoms with E-state index in [0.29, 0.717) is 5.92 Å². The molecule has 0 aromatic heterocycles. The van der Waals surface area contributed by atoms with Crippen molar-refractivity contribution in [2.45, 2.75) is 52.1 Å². The van der Waals surface area contributed by atoms with Crippen molar-refractivity contribution in [1.29, 1.82) is 0 Å². The molecule has 2 heteroatoms. The highest BCUT2D eigenvalue weighted by atomic mass is 16.6. The van der Waals surface area contributed by atoms with Crippen molar-refractivity contribution in [3.05, 3.63) is 12.2 Å². The quantitative estimate of drug-likeness (QED) is 0.489. The Morgan fingerprint density at radius 3 is 2.33 bits per heavy atom. The van der Waals surface area contributed by atoms with Crippen molar-refractivity contribution in [2.75, 3.05) is 0 Å². The zero-order chi connectivity index (χ0) is 11.1. The molecule has 84 valence electrons. The predicted octanol–water partition coefficient (Wildman–Crippen LogP) is 3.07. The van der Waals surface area contributed by atoms with E-state index in [1.165, 1.54) is 0 Å². The van der Waals surface area contributed by atoms with Gasteiger partial charge in [-0.15, -0.1) is 0 Å². The molecule has 0 spiro atoms. The Morgan fingerprint density at radius 2 is 1.93 bits per heavy atom. The van der Waals surface area contributed by atoms with Crippen LogP contribution in [0.4, 0.5) is 0 Å². The van der Waals surface area contributed by atoms with E-state index in [2.05, 4.69) is 12.2 Å². The Balaban J connectivity index is 2.12. The van der Waals surface area contributed by atoms with Crippen LogP contribution in [0.3, 0.4) is 0 Å². The van der Waals surface area contributed by atoms with Gasteiger partial charge in [-0.2, -0.15) is 0 Å². The van der Waals surface area contributed by atoms with E-state index in [0.717, 1.165) is 25.7 Å². The van der Waals surface area contributed by atoms with Gasteiger partial charge in [0.05, 0.1) is 5.41 Å². The number of carbonyl (C=O) groups is 1. The van der Waals surface area contributed by atoms with Gasteiger partial charge in [0, 0.05) is 0 Å². The molecular weight excluding hydrogens is 188 g/mol. The molecule has 0 unspecified atom stereocenters. The van der Waals surface area contributed by atoms with E-state index in [9.17, 15) is 4.79 Å². The molecule has 0 N–H and O–H groups in total. The van der Waals surface area contributed by atoms with Crippen molar-refractivity contribution < 1.29 is 9.53 Å². The number of hydrogen-bond donors (Lipinski definition) is 0. The van der Waals surface area contributed by atoms with Crippen LogP contribution in [0.15, 0.2) is 12.2 Å². The highest BCUT2D eigenvalue weighted by Gasteiger charge is 2.44. The number of esters is 1. The number of hydrogen-bond acceptors (Lipinski definition) is 2. The summed E-state index contributed by atoms with van der Waals surface area (Å²) in [6.07, 6.45) is 8.55. The molecule has 0 atom stereocenters. The molecule has 0 aromatic carbocycles. The summed E-state index contributed by atoms with van der Waals surface area (Å²) in [6.45, 7) is 5.79. The van der Waals surface area contributed by atoms with Crippen LogP contribution in [0.1, 0.15) is 46.5 Å². The van der Waals surface area contributed by atoms with E-state index in [1.807, 2.05) is 20.8 Å². The van der Waals surface area contributed by atoms with Gasteiger partial charge in [0.2, 0.25) is 0 Å². The highest BCUT2D eigenvalue weighted by Crippen LogP contribution is 2.46. The van der Waals surface area contributed by atoms with Gasteiger partial charge in [-0.25, -0.2) is 0 Å². The average molecular weight is 208 g/mol.